The summed E-state index contributed by atoms with van der Waals surface area (Å²) in [4.78, 5) is 14.2. The Morgan fingerprint density at radius 2 is 1.74 bits per heavy atom. The lowest BCUT2D eigenvalue weighted by molar-refractivity contribution is -0.115. The van der Waals surface area contributed by atoms with E-state index in [0.29, 0.717) is 10.8 Å². The lowest BCUT2D eigenvalue weighted by Gasteiger charge is -2.29. The fraction of sp³-hybridized carbons (Fsp3) is 0.300. The predicted molar refractivity (Wildman–Crippen MR) is 110 cm³/mol. The highest BCUT2D eigenvalue weighted by Gasteiger charge is 2.21. The van der Waals surface area contributed by atoms with Gasteiger partial charge in [0.15, 0.2) is 5.11 Å². The molecular formula is C20H22N4O2S. The Morgan fingerprint density at radius 1 is 1.07 bits per heavy atom. The molecule has 140 valence electrons. The summed E-state index contributed by atoms with van der Waals surface area (Å²) in [7, 11) is 0. The number of thiocarbonyl (C=S) groups is 1. The SMILES string of the molecule is Cc1cc(C=C2NC(=S)NC2=O)c(C)n1-c1ccc(N2CCOCC2)cc1. The van der Waals surface area contributed by atoms with Crippen LogP contribution in [0.3, 0.4) is 0 Å². The molecule has 0 aliphatic carbocycles. The highest BCUT2D eigenvalue weighted by atomic mass is 32.1. The molecule has 6 nitrogen and oxygen atoms in total. The molecule has 1 aromatic heterocycles. The van der Waals surface area contributed by atoms with Crippen LogP contribution in [0.5, 0.6) is 0 Å². The van der Waals surface area contributed by atoms with Gasteiger partial charge in [-0.3, -0.25) is 10.1 Å². The molecule has 0 atom stereocenters. The number of morpholine rings is 1. The Kier molecular flexibility index (Phi) is 4.72. The molecule has 0 spiro atoms. The van der Waals surface area contributed by atoms with E-state index in [1.54, 1.807) is 0 Å². The summed E-state index contributed by atoms with van der Waals surface area (Å²) in [6.45, 7) is 7.53. The lowest BCUT2D eigenvalue weighted by Crippen LogP contribution is -2.36. The molecule has 2 saturated heterocycles. The monoisotopic (exact) mass is 382 g/mol. The number of aryl methyl sites for hydroxylation is 1. The van der Waals surface area contributed by atoms with Crippen LogP contribution in [-0.4, -0.2) is 41.9 Å². The van der Waals surface area contributed by atoms with E-state index < -0.39 is 0 Å². The van der Waals surface area contributed by atoms with Gasteiger partial charge in [0, 0.05) is 35.9 Å². The predicted octanol–water partition coefficient (Wildman–Crippen LogP) is 2.28. The molecule has 2 N–H and O–H groups in total. The number of amides is 1. The molecule has 7 heteroatoms. The smallest absolute Gasteiger partial charge is 0.273 e. The normalized spacial score (nSPS) is 18.7. The van der Waals surface area contributed by atoms with E-state index in [1.807, 2.05) is 6.08 Å². The topological polar surface area (TPSA) is 58.5 Å². The van der Waals surface area contributed by atoms with Crippen molar-refractivity contribution >= 4 is 35.0 Å². The molecule has 0 bridgehead atoms. The maximum Gasteiger partial charge on any atom is 0.273 e. The minimum absolute atomic E-state index is 0.195. The van der Waals surface area contributed by atoms with E-state index in [0.717, 1.165) is 48.9 Å². The summed E-state index contributed by atoms with van der Waals surface area (Å²) in [5, 5.41) is 5.83. The van der Waals surface area contributed by atoms with Crippen molar-refractivity contribution in [2.45, 2.75) is 13.8 Å². The van der Waals surface area contributed by atoms with Gasteiger partial charge in [-0.05, 0) is 68.0 Å². The lowest BCUT2D eigenvalue weighted by atomic mass is 10.2. The first kappa shape index (κ1) is 17.8. The van der Waals surface area contributed by atoms with Crippen molar-refractivity contribution in [2.75, 3.05) is 31.2 Å². The van der Waals surface area contributed by atoms with Crippen molar-refractivity contribution in [2.24, 2.45) is 0 Å². The van der Waals surface area contributed by atoms with Crippen LogP contribution in [0.4, 0.5) is 5.69 Å². The summed E-state index contributed by atoms with van der Waals surface area (Å²) < 4.78 is 7.62. The minimum atomic E-state index is -0.195. The van der Waals surface area contributed by atoms with Gasteiger partial charge in [-0.25, -0.2) is 0 Å². The molecule has 2 aliphatic heterocycles. The highest BCUT2D eigenvalue weighted by Crippen LogP contribution is 2.25. The minimum Gasteiger partial charge on any atom is -0.378 e. The van der Waals surface area contributed by atoms with E-state index >= 15 is 0 Å². The number of benzene rings is 1. The second-order valence-electron chi connectivity index (χ2n) is 6.74. The number of carbonyl (C=O) groups is 1. The van der Waals surface area contributed by atoms with Crippen LogP contribution >= 0.6 is 12.2 Å². The highest BCUT2D eigenvalue weighted by molar-refractivity contribution is 7.80. The van der Waals surface area contributed by atoms with Crippen LogP contribution in [0.25, 0.3) is 11.8 Å². The van der Waals surface area contributed by atoms with Gasteiger partial charge in [-0.2, -0.15) is 0 Å². The molecule has 2 aromatic rings. The molecule has 1 amide bonds. The molecule has 0 radical (unpaired) electrons. The number of nitrogens with one attached hydrogen (secondary N) is 2. The van der Waals surface area contributed by atoms with Crippen LogP contribution in [0.15, 0.2) is 36.0 Å². The Hall–Kier alpha value is -2.64. The second-order valence-corrected chi connectivity index (χ2v) is 7.15. The number of anilines is 1. The fourth-order valence-corrected chi connectivity index (χ4v) is 3.81. The number of hydrogen-bond acceptors (Lipinski definition) is 4. The van der Waals surface area contributed by atoms with Crippen molar-refractivity contribution in [3.05, 3.63) is 53.0 Å². The zero-order valence-electron chi connectivity index (χ0n) is 15.4. The van der Waals surface area contributed by atoms with Gasteiger partial charge < -0.3 is 19.5 Å². The summed E-state index contributed by atoms with van der Waals surface area (Å²) in [5.41, 5.74) is 5.97. The maximum atomic E-state index is 11.9. The molecule has 3 heterocycles. The Bertz CT molecular complexity index is 924. The number of aromatic nitrogens is 1. The van der Waals surface area contributed by atoms with Gasteiger partial charge in [-0.15, -0.1) is 0 Å². The van der Waals surface area contributed by atoms with Crippen LogP contribution in [-0.2, 0) is 9.53 Å². The van der Waals surface area contributed by atoms with Crippen LogP contribution in [0, 0.1) is 13.8 Å². The van der Waals surface area contributed by atoms with Crippen LogP contribution in [0.2, 0.25) is 0 Å². The number of carbonyl (C=O) groups excluding carboxylic acids is 1. The summed E-state index contributed by atoms with van der Waals surface area (Å²) in [6.07, 6.45) is 1.84. The van der Waals surface area contributed by atoms with Crippen LogP contribution < -0.4 is 15.5 Å². The molecule has 0 saturated carbocycles. The first-order valence-corrected chi connectivity index (χ1v) is 9.40. The van der Waals surface area contributed by atoms with E-state index in [2.05, 4.69) is 64.3 Å². The van der Waals surface area contributed by atoms with Crippen molar-refractivity contribution in [3.63, 3.8) is 0 Å². The van der Waals surface area contributed by atoms with Crippen molar-refractivity contribution in [3.8, 4) is 5.69 Å². The summed E-state index contributed by atoms with van der Waals surface area (Å²) in [6, 6.07) is 10.7. The van der Waals surface area contributed by atoms with E-state index in [4.69, 9.17) is 17.0 Å². The number of nitrogens with zero attached hydrogens (tertiary/aromatic N) is 2. The van der Waals surface area contributed by atoms with Gasteiger partial charge in [0.2, 0.25) is 0 Å². The van der Waals surface area contributed by atoms with Gasteiger partial charge in [0.25, 0.3) is 5.91 Å². The summed E-state index contributed by atoms with van der Waals surface area (Å²) in [5.74, 6) is -0.195. The first-order chi connectivity index (χ1) is 13.0. The zero-order valence-corrected chi connectivity index (χ0v) is 16.2. The fourth-order valence-electron chi connectivity index (χ4n) is 3.60. The third-order valence-corrected chi connectivity index (χ3v) is 5.18. The Balaban J connectivity index is 1.62. The molecule has 2 fully saturated rings. The van der Waals surface area contributed by atoms with E-state index in [1.165, 1.54) is 5.69 Å². The van der Waals surface area contributed by atoms with Crippen LogP contribution in [0.1, 0.15) is 17.0 Å². The number of rotatable bonds is 3. The first-order valence-electron chi connectivity index (χ1n) is 8.99. The van der Waals surface area contributed by atoms with Gasteiger partial charge in [0.1, 0.15) is 5.70 Å². The molecule has 2 aliphatic rings. The maximum absolute atomic E-state index is 11.9. The van der Waals surface area contributed by atoms with E-state index in [-0.39, 0.29) is 5.91 Å². The summed E-state index contributed by atoms with van der Waals surface area (Å²) >= 11 is 4.99. The third-order valence-electron chi connectivity index (χ3n) is 4.97. The van der Waals surface area contributed by atoms with Crippen molar-refractivity contribution in [1.29, 1.82) is 0 Å². The standard InChI is InChI=1S/C20H22N4O2S/c1-13-11-15(12-18-19(25)22-20(27)21-18)14(2)24(13)17-5-3-16(4-6-17)23-7-9-26-10-8-23/h3-6,11-12H,7-10H2,1-2H3,(H2,21,22,25,27). The molecule has 1 aromatic carbocycles. The quantitative estimate of drug-likeness (QED) is 0.630. The second kappa shape index (κ2) is 7.17. The molecule has 0 unspecified atom stereocenters. The zero-order chi connectivity index (χ0) is 19.0. The van der Waals surface area contributed by atoms with Gasteiger partial charge in [0.05, 0.1) is 13.2 Å². The average Bonchev–Trinajstić information content (AvgIpc) is 3.13. The molecular weight excluding hydrogens is 360 g/mol. The molecule has 27 heavy (non-hydrogen) atoms. The molecule has 4 rings (SSSR count). The largest absolute Gasteiger partial charge is 0.378 e. The Labute approximate surface area is 163 Å². The third kappa shape index (κ3) is 3.48. The van der Waals surface area contributed by atoms with Gasteiger partial charge >= 0.3 is 0 Å². The van der Waals surface area contributed by atoms with Gasteiger partial charge in [-0.1, -0.05) is 0 Å². The Morgan fingerprint density at radius 3 is 2.37 bits per heavy atom. The van der Waals surface area contributed by atoms with E-state index in [9.17, 15) is 4.79 Å². The number of ether oxygens (including phenoxy) is 1. The average molecular weight is 382 g/mol. The van der Waals surface area contributed by atoms with Crippen molar-refractivity contribution < 1.29 is 9.53 Å². The van der Waals surface area contributed by atoms with Crippen molar-refractivity contribution in [1.82, 2.24) is 15.2 Å². The number of hydrogen-bond donors (Lipinski definition) is 2.